The first-order chi connectivity index (χ1) is 5.52. The second-order valence-electron chi connectivity index (χ2n) is 2.02. The minimum atomic E-state index is -0.663. The van der Waals surface area contributed by atoms with Crippen LogP contribution >= 0.6 is 39.1 Å². The first-order valence-corrected chi connectivity index (χ1v) is 4.41. The van der Waals surface area contributed by atoms with Gasteiger partial charge in [-0.1, -0.05) is 23.2 Å². The number of carbonyl (C=O) groups is 1. The fourth-order valence-electron chi connectivity index (χ4n) is 0.673. The Labute approximate surface area is 86.6 Å². The molecule has 1 aromatic carbocycles. The molecule has 0 saturated heterocycles. The van der Waals surface area contributed by atoms with E-state index in [0.717, 1.165) is 6.07 Å². The molecule has 0 fully saturated rings. The lowest BCUT2D eigenvalue weighted by Crippen LogP contribution is -1.91. The van der Waals surface area contributed by atoms with E-state index in [2.05, 4.69) is 15.9 Å². The Bertz CT molecular complexity index is 340. The van der Waals surface area contributed by atoms with Crippen LogP contribution in [0.4, 0.5) is 4.39 Å². The van der Waals surface area contributed by atoms with Gasteiger partial charge in [0.25, 0.3) is 0 Å². The highest BCUT2D eigenvalue weighted by Crippen LogP contribution is 2.25. The molecule has 0 spiro atoms. The molecule has 64 valence electrons. The molecule has 0 aliphatic rings. The van der Waals surface area contributed by atoms with Crippen molar-refractivity contribution < 1.29 is 9.18 Å². The van der Waals surface area contributed by atoms with Crippen LogP contribution in [0.15, 0.2) is 12.1 Å². The topological polar surface area (TPSA) is 17.1 Å². The zero-order valence-corrected chi connectivity index (χ0v) is 8.67. The van der Waals surface area contributed by atoms with Crippen LogP contribution in [0.25, 0.3) is 0 Å². The van der Waals surface area contributed by atoms with Crippen molar-refractivity contribution in [1.29, 1.82) is 0 Å². The Balaban J connectivity index is 3.33. The summed E-state index contributed by atoms with van der Waals surface area (Å²) in [5.74, 6) is -0.663. The quantitative estimate of drug-likeness (QED) is 0.563. The average molecular weight is 272 g/mol. The van der Waals surface area contributed by atoms with E-state index in [9.17, 15) is 9.18 Å². The van der Waals surface area contributed by atoms with Crippen LogP contribution in [0.5, 0.6) is 0 Å². The molecule has 5 heteroatoms. The maximum atomic E-state index is 12.8. The summed E-state index contributed by atoms with van der Waals surface area (Å²) in [5, 5.41) is 0.0285. The molecule has 0 saturated carbocycles. The largest absolute Gasteiger partial charge is 0.281 e. The Hall–Kier alpha value is -0.120. The molecular formula is C7H2BrCl2FO. The van der Waals surface area contributed by atoms with E-state index in [-0.39, 0.29) is 15.6 Å². The van der Waals surface area contributed by atoms with Crippen LogP contribution in [0.2, 0.25) is 10.0 Å². The van der Waals surface area contributed by atoms with Crippen LogP contribution in [0.1, 0.15) is 10.4 Å². The van der Waals surface area contributed by atoms with Crippen molar-refractivity contribution >= 4 is 43.8 Å². The first-order valence-electron chi connectivity index (χ1n) is 2.86. The van der Waals surface area contributed by atoms with Crippen LogP contribution in [-0.4, -0.2) is 4.69 Å². The molecule has 1 rings (SSSR count). The van der Waals surface area contributed by atoms with Crippen LogP contribution < -0.4 is 0 Å². The normalized spacial score (nSPS) is 10.0. The van der Waals surface area contributed by atoms with E-state index in [1.807, 2.05) is 0 Å². The fraction of sp³-hybridized carbons (Fsp3) is 0. The third kappa shape index (κ3) is 1.97. The van der Waals surface area contributed by atoms with E-state index in [1.165, 1.54) is 6.07 Å². The highest BCUT2D eigenvalue weighted by molar-refractivity contribution is 9.18. The third-order valence-corrected chi connectivity index (χ3v) is 2.25. The standard InChI is InChI=1S/C7H2BrCl2FO/c8-7(12)3-1-6(11)5(10)2-4(3)9/h1-2H. The first kappa shape index (κ1) is 9.96. The van der Waals surface area contributed by atoms with E-state index in [4.69, 9.17) is 23.2 Å². The summed E-state index contributed by atoms with van der Waals surface area (Å²) in [5.41, 5.74) is 0.0681. The van der Waals surface area contributed by atoms with Gasteiger partial charge in [-0.2, -0.15) is 0 Å². The number of hydrogen-bond donors (Lipinski definition) is 0. The van der Waals surface area contributed by atoms with Crippen molar-refractivity contribution in [3.63, 3.8) is 0 Å². The summed E-state index contributed by atoms with van der Waals surface area (Å²) in [4.78, 5) is 10.8. The van der Waals surface area contributed by atoms with Crippen molar-refractivity contribution in [2.45, 2.75) is 0 Å². The molecule has 0 aliphatic heterocycles. The van der Waals surface area contributed by atoms with E-state index in [1.54, 1.807) is 0 Å². The molecule has 12 heavy (non-hydrogen) atoms. The van der Waals surface area contributed by atoms with Crippen LogP contribution in [-0.2, 0) is 0 Å². The van der Waals surface area contributed by atoms with Crippen LogP contribution in [0.3, 0.4) is 0 Å². The SMILES string of the molecule is O=C(Br)c1cc(F)c(Cl)cc1Cl. The van der Waals surface area contributed by atoms with Gasteiger partial charge >= 0.3 is 0 Å². The van der Waals surface area contributed by atoms with Crippen LogP contribution in [0, 0.1) is 5.82 Å². The van der Waals surface area contributed by atoms with Gasteiger partial charge in [0.05, 0.1) is 15.6 Å². The van der Waals surface area contributed by atoms with Crippen molar-refractivity contribution in [2.75, 3.05) is 0 Å². The highest BCUT2D eigenvalue weighted by Gasteiger charge is 2.11. The van der Waals surface area contributed by atoms with Gasteiger partial charge in [0.2, 0.25) is 4.69 Å². The molecule has 0 atom stereocenters. The number of benzene rings is 1. The average Bonchev–Trinajstić information content (AvgIpc) is 1.96. The van der Waals surface area contributed by atoms with Crippen molar-refractivity contribution in [3.05, 3.63) is 33.6 Å². The van der Waals surface area contributed by atoms with E-state index in [0.29, 0.717) is 0 Å². The van der Waals surface area contributed by atoms with E-state index >= 15 is 0 Å². The zero-order chi connectivity index (χ0) is 9.30. The molecule has 1 nitrogen and oxygen atoms in total. The Morgan fingerprint density at radius 3 is 2.42 bits per heavy atom. The molecule has 0 aliphatic carbocycles. The molecule has 0 aromatic heterocycles. The summed E-state index contributed by atoms with van der Waals surface area (Å²) in [6.45, 7) is 0. The summed E-state index contributed by atoms with van der Waals surface area (Å²) >= 11 is 13.7. The zero-order valence-electron chi connectivity index (χ0n) is 5.57. The maximum Gasteiger partial charge on any atom is 0.229 e. The molecule has 0 bridgehead atoms. The lowest BCUT2D eigenvalue weighted by Gasteiger charge is -1.99. The monoisotopic (exact) mass is 270 g/mol. The molecule has 0 amide bonds. The van der Waals surface area contributed by atoms with Gasteiger partial charge in [-0.15, -0.1) is 0 Å². The van der Waals surface area contributed by atoms with Crippen molar-refractivity contribution in [1.82, 2.24) is 0 Å². The lowest BCUT2D eigenvalue weighted by atomic mass is 10.2. The number of hydrogen-bond acceptors (Lipinski definition) is 1. The van der Waals surface area contributed by atoms with Crippen molar-refractivity contribution in [3.8, 4) is 0 Å². The van der Waals surface area contributed by atoms with E-state index < -0.39 is 10.5 Å². The number of carbonyl (C=O) groups excluding carboxylic acids is 1. The Morgan fingerprint density at radius 2 is 1.92 bits per heavy atom. The van der Waals surface area contributed by atoms with Gasteiger partial charge in [-0.05, 0) is 28.1 Å². The minimum Gasteiger partial charge on any atom is -0.281 e. The molecular weight excluding hydrogens is 270 g/mol. The number of rotatable bonds is 1. The number of halogens is 4. The molecule has 0 radical (unpaired) electrons. The predicted molar refractivity (Wildman–Crippen MR) is 49.7 cm³/mol. The second kappa shape index (κ2) is 3.73. The molecule has 0 N–H and O–H groups in total. The molecule has 1 aromatic rings. The molecule has 0 unspecified atom stereocenters. The van der Waals surface area contributed by atoms with Crippen molar-refractivity contribution in [2.24, 2.45) is 0 Å². The molecule has 0 heterocycles. The smallest absolute Gasteiger partial charge is 0.229 e. The highest BCUT2D eigenvalue weighted by atomic mass is 79.9. The predicted octanol–water partition coefficient (Wildman–Crippen LogP) is 3.67. The van der Waals surface area contributed by atoms with Gasteiger partial charge in [-0.25, -0.2) is 4.39 Å². The summed E-state index contributed by atoms with van der Waals surface area (Å²) < 4.78 is 12.3. The third-order valence-electron chi connectivity index (χ3n) is 1.22. The summed E-state index contributed by atoms with van der Waals surface area (Å²) in [6, 6.07) is 2.18. The minimum absolute atomic E-state index is 0.0681. The van der Waals surface area contributed by atoms with Gasteiger partial charge < -0.3 is 0 Å². The maximum absolute atomic E-state index is 12.8. The lowest BCUT2D eigenvalue weighted by molar-refractivity contribution is 0.109. The van der Waals surface area contributed by atoms with Gasteiger partial charge in [-0.3, -0.25) is 4.79 Å². The van der Waals surface area contributed by atoms with Gasteiger partial charge in [0.15, 0.2) is 0 Å². The summed E-state index contributed by atoms with van der Waals surface area (Å²) in [6.07, 6.45) is 0. The van der Waals surface area contributed by atoms with Gasteiger partial charge in [0.1, 0.15) is 5.82 Å². The Morgan fingerprint density at radius 1 is 1.33 bits per heavy atom. The summed E-state index contributed by atoms with van der Waals surface area (Å²) in [7, 11) is 0. The fourth-order valence-corrected chi connectivity index (χ4v) is 1.58. The Kier molecular flexibility index (Phi) is 3.09. The van der Waals surface area contributed by atoms with Gasteiger partial charge in [0, 0.05) is 0 Å². The second-order valence-corrected chi connectivity index (χ2v) is 3.55.